The summed E-state index contributed by atoms with van der Waals surface area (Å²) in [6, 6.07) is 7.47. The molecule has 0 spiro atoms. The highest BCUT2D eigenvalue weighted by molar-refractivity contribution is 8.00. The van der Waals surface area contributed by atoms with Crippen LogP contribution < -0.4 is 10.1 Å². The van der Waals surface area contributed by atoms with Gasteiger partial charge in [0.2, 0.25) is 5.91 Å². The molecule has 0 radical (unpaired) electrons. The van der Waals surface area contributed by atoms with E-state index in [4.69, 9.17) is 9.84 Å². The molecule has 116 valence electrons. The molecule has 2 N–H and O–H groups in total. The number of hydrogen-bond acceptors (Lipinski definition) is 4. The molecule has 0 saturated heterocycles. The number of nitrogens with one attached hydrogen (secondary N) is 1. The zero-order valence-corrected chi connectivity index (χ0v) is 13.3. The number of carbonyl (C=O) groups excluding carboxylic acids is 1. The number of rotatable bonds is 8. The number of ether oxygens (including phenoxy) is 1. The van der Waals surface area contributed by atoms with Gasteiger partial charge < -0.3 is 15.2 Å². The Hall–Kier alpha value is -1.69. The molecule has 0 aromatic heterocycles. The first-order chi connectivity index (χ1) is 9.85. The Balaban J connectivity index is 2.29. The molecule has 6 heteroatoms. The van der Waals surface area contributed by atoms with Crippen molar-refractivity contribution in [3.8, 4) is 5.75 Å². The van der Waals surface area contributed by atoms with Gasteiger partial charge in [-0.05, 0) is 44.5 Å². The number of aliphatic carboxylic acids is 1. The van der Waals surface area contributed by atoms with Crippen LogP contribution in [-0.2, 0) is 9.59 Å². The van der Waals surface area contributed by atoms with Crippen molar-refractivity contribution in [2.45, 2.75) is 25.2 Å². The van der Waals surface area contributed by atoms with E-state index in [1.165, 1.54) is 11.8 Å². The molecule has 0 aliphatic carbocycles. The number of amides is 1. The van der Waals surface area contributed by atoms with Gasteiger partial charge in [0, 0.05) is 11.4 Å². The molecule has 0 atom stereocenters. The van der Waals surface area contributed by atoms with Gasteiger partial charge in [0.05, 0.1) is 18.3 Å². The number of hydrogen-bond donors (Lipinski definition) is 2. The predicted octanol–water partition coefficient (Wildman–Crippen LogP) is 2.40. The summed E-state index contributed by atoms with van der Waals surface area (Å²) >= 11 is 1.43. The highest BCUT2D eigenvalue weighted by Gasteiger charge is 2.26. The highest BCUT2D eigenvalue weighted by atomic mass is 32.2. The van der Waals surface area contributed by atoms with Crippen molar-refractivity contribution in [3.63, 3.8) is 0 Å². The van der Waals surface area contributed by atoms with Crippen molar-refractivity contribution in [2.75, 3.05) is 19.4 Å². The van der Waals surface area contributed by atoms with E-state index in [2.05, 4.69) is 5.32 Å². The normalized spacial score (nSPS) is 11.0. The van der Waals surface area contributed by atoms with Crippen molar-refractivity contribution in [3.05, 3.63) is 24.3 Å². The lowest BCUT2D eigenvalue weighted by molar-refractivity contribution is -0.147. The number of thioether (sulfide) groups is 1. The summed E-state index contributed by atoms with van der Waals surface area (Å²) in [5.41, 5.74) is -0.823. The highest BCUT2D eigenvalue weighted by Crippen LogP contribution is 2.21. The van der Waals surface area contributed by atoms with Crippen LogP contribution in [0, 0.1) is 5.41 Å². The average Bonchev–Trinajstić information content (AvgIpc) is 2.45. The molecule has 0 aliphatic heterocycles. The van der Waals surface area contributed by atoms with E-state index in [0.717, 1.165) is 10.6 Å². The number of benzene rings is 1. The van der Waals surface area contributed by atoms with E-state index in [-0.39, 0.29) is 5.91 Å². The summed E-state index contributed by atoms with van der Waals surface area (Å²) in [7, 11) is 1.61. The van der Waals surface area contributed by atoms with Gasteiger partial charge in [0.15, 0.2) is 0 Å². The third kappa shape index (κ3) is 6.08. The zero-order chi connectivity index (χ0) is 15.9. The first-order valence-electron chi connectivity index (χ1n) is 6.62. The van der Waals surface area contributed by atoms with Crippen molar-refractivity contribution in [2.24, 2.45) is 5.41 Å². The van der Waals surface area contributed by atoms with Gasteiger partial charge in [0.25, 0.3) is 0 Å². The summed E-state index contributed by atoms with van der Waals surface area (Å²) in [6.07, 6.45) is 0.404. The Morgan fingerprint density at radius 2 is 1.90 bits per heavy atom. The SMILES string of the molecule is COc1ccc(SCC(=O)NCCC(C)(C)C(=O)O)cc1. The maximum Gasteiger partial charge on any atom is 0.309 e. The maximum absolute atomic E-state index is 11.7. The predicted molar refractivity (Wildman–Crippen MR) is 82.8 cm³/mol. The van der Waals surface area contributed by atoms with Crippen molar-refractivity contribution in [1.29, 1.82) is 0 Å². The van der Waals surface area contributed by atoms with Crippen molar-refractivity contribution >= 4 is 23.6 Å². The lowest BCUT2D eigenvalue weighted by Gasteiger charge is -2.18. The Bertz CT molecular complexity index is 485. The average molecular weight is 311 g/mol. The fraction of sp³-hybridized carbons (Fsp3) is 0.467. The molecule has 1 aromatic carbocycles. The maximum atomic E-state index is 11.7. The largest absolute Gasteiger partial charge is 0.497 e. The van der Waals surface area contributed by atoms with E-state index < -0.39 is 11.4 Å². The summed E-state index contributed by atoms with van der Waals surface area (Å²) in [6.45, 7) is 3.66. The fourth-order valence-electron chi connectivity index (χ4n) is 1.49. The first kappa shape index (κ1) is 17.4. The van der Waals surface area contributed by atoms with Gasteiger partial charge in [0.1, 0.15) is 5.75 Å². The molecule has 5 nitrogen and oxygen atoms in total. The molecule has 0 bridgehead atoms. The minimum Gasteiger partial charge on any atom is -0.497 e. The summed E-state index contributed by atoms with van der Waals surface area (Å²) in [4.78, 5) is 23.6. The van der Waals surface area contributed by atoms with Crippen LogP contribution in [-0.4, -0.2) is 36.4 Å². The van der Waals surface area contributed by atoms with Crippen LogP contribution in [0.5, 0.6) is 5.75 Å². The number of carbonyl (C=O) groups is 2. The van der Waals surface area contributed by atoms with Crippen LogP contribution in [0.2, 0.25) is 0 Å². The fourth-order valence-corrected chi connectivity index (χ4v) is 2.22. The Kier molecular flexibility index (Phi) is 6.55. The van der Waals surface area contributed by atoms with Crippen LogP contribution in [0.25, 0.3) is 0 Å². The molecular formula is C15H21NO4S. The third-order valence-electron chi connectivity index (χ3n) is 3.08. The quantitative estimate of drug-likeness (QED) is 0.721. The van der Waals surface area contributed by atoms with E-state index >= 15 is 0 Å². The van der Waals surface area contributed by atoms with Crippen LogP contribution in [0.4, 0.5) is 0 Å². The smallest absolute Gasteiger partial charge is 0.309 e. The van der Waals surface area contributed by atoms with Crippen LogP contribution in [0.15, 0.2) is 29.2 Å². The number of carboxylic acid groups (broad SMARTS) is 1. The van der Waals surface area contributed by atoms with Gasteiger partial charge in [-0.2, -0.15) is 0 Å². The number of methoxy groups -OCH3 is 1. The zero-order valence-electron chi connectivity index (χ0n) is 12.5. The molecule has 0 unspecified atom stereocenters. The molecule has 21 heavy (non-hydrogen) atoms. The van der Waals surface area contributed by atoms with E-state index in [1.807, 2.05) is 24.3 Å². The van der Waals surface area contributed by atoms with Gasteiger partial charge >= 0.3 is 5.97 Å². The summed E-state index contributed by atoms with van der Waals surface area (Å²) in [5, 5.41) is 11.7. The summed E-state index contributed by atoms with van der Waals surface area (Å²) in [5.74, 6) is 0.126. The van der Waals surface area contributed by atoms with Crippen LogP contribution >= 0.6 is 11.8 Å². The van der Waals surface area contributed by atoms with Crippen molar-refractivity contribution in [1.82, 2.24) is 5.32 Å². The molecule has 1 amide bonds. The molecule has 0 saturated carbocycles. The van der Waals surface area contributed by atoms with E-state index in [0.29, 0.717) is 18.7 Å². The second-order valence-corrected chi connectivity index (χ2v) is 6.30. The lowest BCUT2D eigenvalue weighted by atomic mass is 9.90. The Labute approximate surface area is 129 Å². The summed E-state index contributed by atoms with van der Waals surface area (Å²) < 4.78 is 5.06. The molecule has 1 rings (SSSR count). The second kappa shape index (κ2) is 7.93. The standard InChI is InChI=1S/C15H21NO4S/c1-15(2,14(18)19)8-9-16-13(17)10-21-12-6-4-11(20-3)5-7-12/h4-7H,8-10H2,1-3H3,(H,16,17)(H,18,19). The molecule has 0 aliphatic rings. The first-order valence-corrected chi connectivity index (χ1v) is 7.60. The van der Waals surface area contributed by atoms with Crippen molar-refractivity contribution < 1.29 is 19.4 Å². The van der Waals surface area contributed by atoms with Crippen LogP contribution in [0.3, 0.4) is 0 Å². The van der Waals surface area contributed by atoms with Gasteiger partial charge in [-0.1, -0.05) is 0 Å². The Morgan fingerprint density at radius 3 is 2.43 bits per heavy atom. The van der Waals surface area contributed by atoms with E-state index in [1.54, 1.807) is 21.0 Å². The van der Waals surface area contributed by atoms with Gasteiger partial charge in [-0.15, -0.1) is 11.8 Å². The molecule has 0 fully saturated rings. The van der Waals surface area contributed by atoms with E-state index in [9.17, 15) is 9.59 Å². The monoisotopic (exact) mass is 311 g/mol. The van der Waals surface area contributed by atoms with Gasteiger partial charge in [-0.25, -0.2) is 0 Å². The minimum absolute atomic E-state index is 0.1000. The topological polar surface area (TPSA) is 75.6 Å². The minimum atomic E-state index is -0.857. The Morgan fingerprint density at radius 1 is 1.29 bits per heavy atom. The molecular weight excluding hydrogens is 290 g/mol. The lowest BCUT2D eigenvalue weighted by Crippen LogP contribution is -2.32. The molecule has 1 aromatic rings. The number of carboxylic acids is 1. The molecule has 0 heterocycles. The van der Waals surface area contributed by atoms with Gasteiger partial charge in [-0.3, -0.25) is 9.59 Å². The third-order valence-corrected chi connectivity index (χ3v) is 4.09. The van der Waals surface area contributed by atoms with Crippen LogP contribution in [0.1, 0.15) is 20.3 Å². The second-order valence-electron chi connectivity index (χ2n) is 5.25.